The van der Waals surface area contributed by atoms with Gasteiger partial charge in [0.25, 0.3) is 0 Å². The molecule has 2 aromatic rings. The zero-order valence-corrected chi connectivity index (χ0v) is 12.2. The number of thiocarbonyl (C=S) groups is 1. The molecule has 0 heterocycles. The summed E-state index contributed by atoms with van der Waals surface area (Å²) < 4.78 is 13.4. The van der Waals surface area contributed by atoms with Crippen molar-refractivity contribution in [3.8, 4) is 0 Å². The second-order valence-electron chi connectivity index (χ2n) is 4.53. The van der Waals surface area contributed by atoms with Crippen molar-refractivity contribution in [2.75, 3.05) is 11.4 Å². The zero-order valence-electron chi connectivity index (χ0n) is 11.3. The summed E-state index contributed by atoms with van der Waals surface area (Å²) in [7, 11) is 0. The average molecular weight is 288 g/mol. The van der Waals surface area contributed by atoms with Crippen LogP contribution in [0.3, 0.4) is 0 Å². The van der Waals surface area contributed by atoms with Crippen molar-refractivity contribution in [3.05, 3.63) is 65.5 Å². The van der Waals surface area contributed by atoms with Crippen LogP contribution < -0.4 is 10.6 Å². The van der Waals surface area contributed by atoms with Crippen LogP contribution >= 0.6 is 12.2 Å². The quantitative estimate of drug-likeness (QED) is 0.854. The van der Waals surface area contributed by atoms with Crippen molar-refractivity contribution in [3.63, 3.8) is 0 Å². The number of nitrogens with zero attached hydrogens (tertiary/aromatic N) is 1. The highest BCUT2D eigenvalue weighted by Crippen LogP contribution is 2.23. The van der Waals surface area contributed by atoms with Gasteiger partial charge >= 0.3 is 0 Å². The van der Waals surface area contributed by atoms with Crippen molar-refractivity contribution < 1.29 is 4.39 Å². The van der Waals surface area contributed by atoms with E-state index in [0.29, 0.717) is 5.56 Å². The first-order chi connectivity index (χ1) is 9.61. The number of halogens is 1. The molecule has 0 fully saturated rings. The lowest BCUT2D eigenvalue weighted by Crippen LogP contribution is -2.25. The Labute approximate surface area is 124 Å². The van der Waals surface area contributed by atoms with E-state index in [1.54, 1.807) is 6.07 Å². The van der Waals surface area contributed by atoms with Crippen molar-refractivity contribution in [2.24, 2.45) is 5.73 Å². The van der Waals surface area contributed by atoms with Crippen LogP contribution in [-0.4, -0.2) is 11.5 Å². The standard InChI is InChI=1S/C16H17FN2S/c1-2-19(11-12-6-4-3-5-7-12)15-9-8-13(17)10-14(15)16(18)20/h3-10H,2,11H2,1H3,(H2,18,20). The fourth-order valence-electron chi connectivity index (χ4n) is 2.15. The number of anilines is 1. The van der Waals surface area contributed by atoms with E-state index in [2.05, 4.69) is 24.0 Å². The highest BCUT2D eigenvalue weighted by Gasteiger charge is 2.13. The first kappa shape index (κ1) is 14.5. The van der Waals surface area contributed by atoms with Gasteiger partial charge in [-0.25, -0.2) is 4.39 Å². The summed E-state index contributed by atoms with van der Waals surface area (Å²) in [5, 5.41) is 0. The molecule has 2 rings (SSSR count). The van der Waals surface area contributed by atoms with Gasteiger partial charge in [-0.3, -0.25) is 0 Å². The van der Waals surface area contributed by atoms with E-state index in [1.165, 1.54) is 17.7 Å². The maximum absolute atomic E-state index is 13.4. The molecule has 0 aliphatic carbocycles. The Morgan fingerprint density at radius 3 is 2.50 bits per heavy atom. The summed E-state index contributed by atoms with van der Waals surface area (Å²) in [6.45, 7) is 3.57. The monoisotopic (exact) mass is 288 g/mol. The van der Waals surface area contributed by atoms with Crippen LogP contribution in [0, 0.1) is 5.82 Å². The van der Waals surface area contributed by atoms with Gasteiger partial charge in [0.05, 0.1) is 0 Å². The van der Waals surface area contributed by atoms with Gasteiger partial charge < -0.3 is 10.6 Å². The van der Waals surface area contributed by atoms with Crippen LogP contribution in [-0.2, 0) is 6.54 Å². The molecule has 0 amide bonds. The average Bonchev–Trinajstić information content (AvgIpc) is 2.46. The maximum Gasteiger partial charge on any atom is 0.124 e. The van der Waals surface area contributed by atoms with E-state index in [9.17, 15) is 4.39 Å². The highest BCUT2D eigenvalue weighted by molar-refractivity contribution is 7.80. The van der Waals surface area contributed by atoms with Crippen LogP contribution in [0.4, 0.5) is 10.1 Å². The van der Waals surface area contributed by atoms with Gasteiger partial charge in [0.2, 0.25) is 0 Å². The summed E-state index contributed by atoms with van der Waals surface area (Å²) in [4.78, 5) is 2.34. The van der Waals surface area contributed by atoms with Gasteiger partial charge in [-0.05, 0) is 30.7 Å². The van der Waals surface area contributed by atoms with Crippen molar-refractivity contribution in [1.82, 2.24) is 0 Å². The predicted octanol–water partition coefficient (Wildman–Crippen LogP) is 3.49. The number of hydrogen-bond acceptors (Lipinski definition) is 2. The van der Waals surface area contributed by atoms with Crippen molar-refractivity contribution in [2.45, 2.75) is 13.5 Å². The Morgan fingerprint density at radius 1 is 1.20 bits per heavy atom. The molecule has 0 radical (unpaired) electrons. The summed E-state index contributed by atoms with van der Waals surface area (Å²) in [5.74, 6) is -0.327. The summed E-state index contributed by atoms with van der Waals surface area (Å²) >= 11 is 5.03. The third-order valence-corrected chi connectivity index (χ3v) is 3.38. The lowest BCUT2D eigenvalue weighted by atomic mass is 10.1. The summed E-state index contributed by atoms with van der Waals surface area (Å²) in [5.41, 5.74) is 8.34. The van der Waals surface area contributed by atoms with E-state index in [4.69, 9.17) is 18.0 Å². The lowest BCUT2D eigenvalue weighted by Gasteiger charge is -2.25. The minimum absolute atomic E-state index is 0.214. The van der Waals surface area contributed by atoms with Crippen LogP contribution in [0.5, 0.6) is 0 Å². The molecule has 0 aliphatic rings. The van der Waals surface area contributed by atoms with Crippen LogP contribution in [0.1, 0.15) is 18.1 Å². The third kappa shape index (κ3) is 3.33. The summed E-state index contributed by atoms with van der Waals surface area (Å²) in [6.07, 6.45) is 0. The van der Waals surface area contributed by atoms with E-state index in [-0.39, 0.29) is 10.8 Å². The third-order valence-electron chi connectivity index (χ3n) is 3.16. The molecule has 0 spiro atoms. The van der Waals surface area contributed by atoms with E-state index < -0.39 is 0 Å². The molecule has 0 bridgehead atoms. The molecule has 0 saturated heterocycles. The Hall–Kier alpha value is -1.94. The zero-order chi connectivity index (χ0) is 14.5. The maximum atomic E-state index is 13.4. The molecule has 2 N–H and O–H groups in total. The summed E-state index contributed by atoms with van der Waals surface area (Å²) in [6, 6.07) is 14.7. The molecule has 0 atom stereocenters. The van der Waals surface area contributed by atoms with Crippen molar-refractivity contribution in [1.29, 1.82) is 0 Å². The lowest BCUT2D eigenvalue weighted by molar-refractivity contribution is 0.627. The normalized spacial score (nSPS) is 10.3. The molecule has 0 unspecified atom stereocenters. The van der Waals surface area contributed by atoms with Gasteiger partial charge in [0.1, 0.15) is 10.8 Å². The fraction of sp³-hybridized carbons (Fsp3) is 0.188. The SMILES string of the molecule is CCN(Cc1ccccc1)c1ccc(F)cc1C(N)=S. The number of rotatable bonds is 5. The number of hydrogen-bond donors (Lipinski definition) is 1. The molecule has 20 heavy (non-hydrogen) atoms. The van der Waals surface area contributed by atoms with Gasteiger partial charge in [0.15, 0.2) is 0 Å². The molecule has 0 aromatic heterocycles. The first-order valence-electron chi connectivity index (χ1n) is 6.50. The van der Waals surface area contributed by atoms with E-state index >= 15 is 0 Å². The van der Waals surface area contributed by atoms with Gasteiger partial charge in [-0.2, -0.15) is 0 Å². The molecule has 4 heteroatoms. The minimum atomic E-state index is -0.327. The Balaban J connectivity index is 2.34. The van der Waals surface area contributed by atoms with Crippen LogP contribution in [0.2, 0.25) is 0 Å². The Kier molecular flexibility index (Phi) is 4.69. The largest absolute Gasteiger partial charge is 0.389 e. The Morgan fingerprint density at radius 2 is 1.90 bits per heavy atom. The molecular formula is C16H17FN2S. The molecule has 104 valence electrons. The topological polar surface area (TPSA) is 29.3 Å². The fourth-order valence-corrected chi connectivity index (χ4v) is 2.32. The molecule has 0 saturated carbocycles. The highest BCUT2D eigenvalue weighted by atomic mass is 32.1. The first-order valence-corrected chi connectivity index (χ1v) is 6.91. The minimum Gasteiger partial charge on any atom is -0.389 e. The van der Waals surface area contributed by atoms with Crippen molar-refractivity contribution >= 4 is 22.9 Å². The van der Waals surface area contributed by atoms with Crippen LogP contribution in [0.15, 0.2) is 48.5 Å². The van der Waals surface area contributed by atoms with E-state index in [1.807, 2.05) is 18.2 Å². The second-order valence-corrected chi connectivity index (χ2v) is 4.97. The van der Waals surface area contributed by atoms with Crippen LogP contribution in [0.25, 0.3) is 0 Å². The molecular weight excluding hydrogens is 271 g/mol. The van der Waals surface area contributed by atoms with E-state index in [0.717, 1.165) is 18.8 Å². The molecule has 2 aromatic carbocycles. The van der Waals surface area contributed by atoms with Gasteiger partial charge in [0, 0.05) is 24.3 Å². The number of benzene rings is 2. The second kappa shape index (κ2) is 6.48. The predicted molar refractivity (Wildman–Crippen MR) is 85.5 cm³/mol. The molecule has 2 nitrogen and oxygen atoms in total. The van der Waals surface area contributed by atoms with Gasteiger partial charge in [-0.1, -0.05) is 42.5 Å². The molecule has 0 aliphatic heterocycles. The smallest absolute Gasteiger partial charge is 0.124 e. The Bertz CT molecular complexity index is 599. The number of nitrogens with two attached hydrogens (primary N) is 1. The van der Waals surface area contributed by atoms with Gasteiger partial charge in [-0.15, -0.1) is 0 Å².